The summed E-state index contributed by atoms with van der Waals surface area (Å²) in [5.41, 5.74) is -1.62. The standard InChI is InChI=1S/C10H10F4S/c1-10(2,3)4-5(11)7(13)9(15)8(14)6(4)12/h15H,1-3H3. The van der Waals surface area contributed by atoms with Gasteiger partial charge in [0.05, 0.1) is 4.90 Å². The molecule has 84 valence electrons. The maximum atomic E-state index is 13.4. The van der Waals surface area contributed by atoms with E-state index in [0.29, 0.717) is 0 Å². The summed E-state index contributed by atoms with van der Waals surface area (Å²) >= 11 is 3.36. The van der Waals surface area contributed by atoms with Crippen LogP contribution >= 0.6 is 12.6 Å². The largest absolute Gasteiger partial charge is 0.203 e. The van der Waals surface area contributed by atoms with Crippen molar-refractivity contribution >= 4 is 12.6 Å². The first-order valence-corrected chi connectivity index (χ1v) is 4.68. The first-order chi connectivity index (χ1) is 6.68. The Bertz CT molecular complexity index is 378. The Labute approximate surface area is 90.7 Å². The SMILES string of the molecule is CC(C)(C)c1c(F)c(F)c(S)c(F)c1F. The maximum absolute atomic E-state index is 13.4. The highest BCUT2D eigenvalue weighted by atomic mass is 32.1. The van der Waals surface area contributed by atoms with Crippen molar-refractivity contribution in [2.75, 3.05) is 0 Å². The fourth-order valence-corrected chi connectivity index (χ4v) is 1.47. The molecule has 0 nitrogen and oxygen atoms in total. The van der Waals surface area contributed by atoms with Crippen molar-refractivity contribution in [3.05, 3.63) is 28.8 Å². The van der Waals surface area contributed by atoms with Crippen molar-refractivity contribution in [2.45, 2.75) is 31.1 Å². The zero-order valence-electron chi connectivity index (χ0n) is 8.46. The van der Waals surface area contributed by atoms with Gasteiger partial charge >= 0.3 is 0 Å². The van der Waals surface area contributed by atoms with Gasteiger partial charge in [-0.15, -0.1) is 12.6 Å². The lowest BCUT2D eigenvalue weighted by Crippen LogP contribution is -2.19. The van der Waals surface area contributed by atoms with Crippen molar-refractivity contribution in [3.63, 3.8) is 0 Å². The van der Waals surface area contributed by atoms with Crippen LogP contribution in [0, 0.1) is 23.3 Å². The van der Waals surface area contributed by atoms with Crippen molar-refractivity contribution in [2.24, 2.45) is 0 Å². The fourth-order valence-electron chi connectivity index (χ4n) is 1.28. The van der Waals surface area contributed by atoms with Gasteiger partial charge in [0.1, 0.15) is 0 Å². The van der Waals surface area contributed by atoms with Gasteiger partial charge in [0.15, 0.2) is 23.3 Å². The van der Waals surface area contributed by atoms with Gasteiger partial charge in [0, 0.05) is 5.56 Å². The summed E-state index contributed by atoms with van der Waals surface area (Å²) in [5.74, 6) is -5.68. The lowest BCUT2D eigenvalue weighted by atomic mass is 9.86. The fraction of sp³-hybridized carbons (Fsp3) is 0.400. The number of benzene rings is 1. The van der Waals surface area contributed by atoms with Gasteiger partial charge in [0.25, 0.3) is 0 Å². The highest BCUT2D eigenvalue weighted by Crippen LogP contribution is 2.33. The van der Waals surface area contributed by atoms with Crippen molar-refractivity contribution in [1.82, 2.24) is 0 Å². The van der Waals surface area contributed by atoms with Crippen LogP contribution in [0.3, 0.4) is 0 Å². The highest BCUT2D eigenvalue weighted by Gasteiger charge is 2.30. The summed E-state index contributed by atoms with van der Waals surface area (Å²) < 4.78 is 52.9. The van der Waals surface area contributed by atoms with Crippen LogP contribution in [-0.2, 0) is 5.41 Å². The Morgan fingerprint density at radius 2 is 1.13 bits per heavy atom. The Morgan fingerprint density at radius 3 is 1.40 bits per heavy atom. The third-order valence-corrected chi connectivity index (χ3v) is 2.38. The molecule has 0 fully saturated rings. The third kappa shape index (κ3) is 1.97. The zero-order chi connectivity index (χ0) is 12.0. The van der Waals surface area contributed by atoms with E-state index >= 15 is 0 Å². The second kappa shape index (κ2) is 3.70. The Morgan fingerprint density at radius 1 is 0.800 bits per heavy atom. The molecule has 15 heavy (non-hydrogen) atoms. The second-order valence-corrected chi connectivity index (χ2v) is 4.68. The van der Waals surface area contributed by atoms with E-state index in [9.17, 15) is 17.6 Å². The van der Waals surface area contributed by atoms with Gasteiger partial charge in [-0.05, 0) is 5.41 Å². The molecular weight excluding hydrogens is 228 g/mol. The van der Waals surface area contributed by atoms with E-state index in [0.717, 1.165) is 0 Å². The van der Waals surface area contributed by atoms with E-state index < -0.39 is 39.1 Å². The molecule has 0 saturated carbocycles. The summed E-state index contributed by atoms with van der Waals surface area (Å²) in [7, 11) is 0. The van der Waals surface area contributed by atoms with Crippen molar-refractivity contribution < 1.29 is 17.6 Å². The van der Waals surface area contributed by atoms with E-state index in [4.69, 9.17) is 0 Å². The predicted octanol–water partition coefficient (Wildman–Crippen LogP) is 3.83. The van der Waals surface area contributed by atoms with Crippen LogP contribution in [0.15, 0.2) is 4.90 Å². The number of thiol groups is 1. The number of halogens is 4. The molecule has 0 aliphatic carbocycles. The summed E-state index contributed by atoms with van der Waals surface area (Å²) in [6.45, 7) is 4.39. The molecule has 0 bridgehead atoms. The van der Waals surface area contributed by atoms with E-state index in [1.807, 2.05) is 0 Å². The topological polar surface area (TPSA) is 0 Å². The van der Waals surface area contributed by atoms with Crippen molar-refractivity contribution in [1.29, 1.82) is 0 Å². The Hall–Kier alpha value is -0.710. The van der Waals surface area contributed by atoms with Gasteiger partial charge < -0.3 is 0 Å². The monoisotopic (exact) mass is 238 g/mol. The molecule has 0 atom stereocenters. The summed E-state index contributed by atoms with van der Waals surface area (Å²) in [6.07, 6.45) is 0. The molecule has 0 N–H and O–H groups in total. The molecule has 0 saturated heterocycles. The second-order valence-electron chi connectivity index (χ2n) is 4.23. The highest BCUT2D eigenvalue weighted by molar-refractivity contribution is 7.80. The lowest BCUT2D eigenvalue weighted by Gasteiger charge is -2.21. The van der Waals surface area contributed by atoms with E-state index in [2.05, 4.69) is 12.6 Å². The minimum Gasteiger partial charge on any atom is -0.203 e. The van der Waals surface area contributed by atoms with Gasteiger partial charge in [-0.3, -0.25) is 0 Å². The Kier molecular flexibility index (Phi) is 3.05. The molecule has 0 aromatic heterocycles. The van der Waals surface area contributed by atoms with E-state index in [1.54, 1.807) is 0 Å². The first kappa shape index (κ1) is 12.4. The van der Waals surface area contributed by atoms with Crippen LogP contribution in [0.4, 0.5) is 17.6 Å². The Balaban J connectivity index is 3.68. The van der Waals surface area contributed by atoms with E-state index in [1.165, 1.54) is 20.8 Å². The van der Waals surface area contributed by atoms with Gasteiger partial charge in [-0.1, -0.05) is 20.8 Å². The van der Waals surface area contributed by atoms with Gasteiger partial charge in [-0.2, -0.15) is 0 Å². The normalized spacial score (nSPS) is 12.0. The quantitative estimate of drug-likeness (QED) is 0.396. The van der Waals surface area contributed by atoms with Crippen LogP contribution in [0.5, 0.6) is 0 Å². The predicted molar refractivity (Wildman–Crippen MR) is 52.2 cm³/mol. The molecule has 0 spiro atoms. The van der Waals surface area contributed by atoms with Crippen LogP contribution in [0.1, 0.15) is 26.3 Å². The first-order valence-electron chi connectivity index (χ1n) is 4.23. The van der Waals surface area contributed by atoms with Crippen molar-refractivity contribution in [3.8, 4) is 0 Å². The van der Waals surface area contributed by atoms with Crippen LogP contribution in [0.25, 0.3) is 0 Å². The molecule has 0 aliphatic heterocycles. The summed E-state index contributed by atoms with van der Waals surface area (Å²) in [6, 6.07) is 0. The number of hydrogen-bond donors (Lipinski definition) is 1. The summed E-state index contributed by atoms with van der Waals surface area (Å²) in [4.78, 5) is -0.932. The maximum Gasteiger partial charge on any atom is 0.175 e. The van der Waals surface area contributed by atoms with Crippen LogP contribution in [0.2, 0.25) is 0 Å². The molecule has 0 radical (unpaired) electrons. The minimum absolute atomic E-state index is 0.602. The molecule has 0 heterocycles. The van der Waals surface area contributed by atoms with Gasteiger partial charge in [-0.25, -0.2) is 17.6 Å². The molecule has 1 aromatic rings. The number of rotatable bonds is 0. The van der Waals surface area contributed by atoms with Crippen LogP contribution < -0.4 is 0 Å². The zero-order valence-corrected chi connectivity index (χ0v) is 9.35. The third-order valence-electron chi connectivity index (χ3n) is 1.99. The van der Waals surface area contributed by atoms with E-state index in [-0.39, 0.29) is 0 Å². The average molecular weight is 238 g/mol. The average Bonchev–Trinajstić information content (AvgIpc) is 2.09. The van der Waals surface area contributed by atoms with Crippen LogP contribution in [-0.4, -0.2) is 0 Å². The summed E-state index contributed by atoms with van der Waals surface area (Å²) in [5, 5.41) is 0. The lowest BCUT2D eigenvalue weighted by molar-refractivity contribution is 0.385. The molecule has 5 heteroatoms. The minimum atomic E-state index is -1.46. The molecule has 1 aromatic carbocycles. The molecule has 0 amide bonds. The van der Waals surface area contributed by atoms with Gasteiger partial charge in [0.2, 0.25) is 0 Å². The molecular formula is C10H10F4S. The molecule has 1 rings (SSSR count). The molecule has 0 unspecified atom stereocenters. The number of hydrogen-bond acceptors (Lipinski definition) is 1. The smallest absolute Gasteiger partial charge is 0.175 e. The molecule has 0 aliphatic rings.